The van der Waals surface area contributed by atoms with Crippen LogP contribution < -0.4 is 0 Å². The minimum Gasteiger partial charge on any atom is -0.478 e. The van der Waals surface area contributed by atoms with Crippen LogP contribution in [0, 0.1) is 0 Å². The van der Waals surface area contributed by atoms with Crippen LogP contribution in [0.15, 0.2) is 36.4 Å². The van der Waals surface area contributed by atoms with Gasteiger partial charge in [0.1, 0.15) is 5.57 Å². The van der Waals surface area contributed by atoms with E-state index < -0.39 is 24.5 Å². The molecule has 11 heteroatoms. The number of amides is 1. The van der Waals surface area contributed by atoms with Crippen LogP contribution in [0.5, 0.6) is 0 Å². The molecule has 0 aromatic heterocycles. The van der Waals surface area contributed by atoms with Gasteiger partial charge in [0.25, 0.3) is 5.91 Å². The van der Waals surface area contributed by atoms with Gasteiger partial charge in [0.2, 0.25) is 24.4 Å². The number of hydrogen-bond donors (Lipinski definition) is 1. The van der Waals surface area contributed by atoms with Crippen molar-refractivity contribution >= 4 is 42.7 Å². The van der Waals surface area contributed by atoms with Gasteiger partial charge in [-0.3, -0.25) is 14.6 Å². The first-order chi connectivity index (χ1) is 11.6. The molecule has 5 heterocycles. The maximum Gasteiger partial charge on any atom is 0.338 e. The summed E-state index contributed by atoms with van der Waals surface area (Å²) >= 11 is 0. The number of nitrogens with zero attached hydrogens (tertiary/aromatic N) is 7. The van der Waals surface area contributed by atoms with Crippen molar-refractivity contribution < 1.29 is 19.4 Å². The number of carboxylic acid groups (broad SMARTS) is 1. The monoisotopic (exact) mass is 329 g/mol. The zero-order chi connectivity index (χ0) is 16.7. The molecule has 0 fully saturated rings. The van der Waals surface area contributed by atoms with Crippen LogP contribution in [0.2, 0.25) is 0 Å². The van der Waals surface area contributed by atoms with Crippen LogP contribution in [0.3, 0.4) is 0 Å². The first-order valence-corrected chi connectivity index (χ1v) is 7.01. The zero-order valence-electron chi connectivity index (χ0n) is 12.2. The van der Waals surface area contributed by atoms with E-state index in [0.717, 1.165) is 0 Å². The van der Waals surface area contributed by atoms with Crippen LogP contribution in [0.4, 0.5) is 0 Å². The van der Waals surface area contributed by atoms with E-state index in [9.17, 15) is 14.7 Å². The summed E-state index contributed by atoms with van der Waals surface area (Å²) in [6.07, 6.45) is 4.69. The van der Waals surface area contributed by atoms with Crippen molar-refractivity contribution in [2.45, 2.75) is 12.6 Å². The number of guanidine groups is 1. The highest BCUT2D eigenvalue weighted by molar-refractivity contribution is 6.18. The van der Waals surface area contributed by atoms with Crippen molar-refractivity contribution in [1.29, 1.82) is 0 Å². The predicted molar refractivity (Wildman–Crippen MR) is 83.1 cm³/mol. The molecule has 0 aliphatic carbocycles. The van der Waals surface area contributed by atoms with Crippen molar-refractivity contribution in [3.05, 3.63) is 11.5 Å². The third kappa shape index (κ3) is 2.17. The molecule has 5 aliphatic rings. The van der Waals surface area contributed by atoms with Gasteiger partial charge in [-0.25, -0.2) is 24.8 Å². The molecule has 0 radical (unpaired) electrons. The Morgan fingerprint density at radius 2 is 1.75 bits per heavy atom. The Hall–Kier alpha value is -3.37. The fourth-order valence-corrected chi connectivity index (χ4v) is 2.55. The maximum atomic E-state index is 12.3. The van der Waals surface area contributed by atoms with Gasteiger partial charge < -0.3 is 9.84 Å². The van der Waals surface area contributed by atoms with E-state index in [4.69, 9.17) is 4.74 Å². The van der Waals surface area contributed by atoms with Crippen LogP contribution in [0.1, 0.15) is 0 Å². The zero-order valence-corrected chi connectivity index (χ0v) is 12.2. The standard InChI is InChI=1S/C13H11N7O4/c21-8-6-24-9-7(10(22)23)5-19(8)13(18-9)20(11-14-1-2-15-11)12-16-3-4-17-12/h1-4,11-12H,5-6H2,(H,22,23). The van der Waals surface area contributed by atoms with E-state index in [1.165, 1.54) is 34.7 Å². The number of carbonyl (C=O) groups is 2. The molecule has 122 valence electrons. The van der Waals surface area contributed by atoms with Crippen LogP contribution in [-0.4, -0.2) is 83.3 Å². The van der Waals surface area contributed by atoms with Gasteiger partial charge in [-0.15, -0.1) is 0 Å². The maximum absolute atomic E-state index is 12.3. The van der Waals surface area contributed by atoms with Gasteiger partial charge in [0, 0.05) is 24.9 Å². The fraction of sp³-hybridized carbons (Fsp3) is 0.308. The number of carboxylic acids is 1. The summed E-state index contributed by atoms with van der Waals surface area (Å²) in [4.78, 5) is 47.4. The van der Waals surface area contributed by atoms with Crippen molar-refractivity contribution in [3.63, 3.8) is 0 Å². The van der Waals surface area contributed by atoms with Gasteiger partial charge in [0.05, 0.1) is 6.54 Å². The third-order valence-electron chi connectivity index (χ3n) is 3.65. The molecule has 0 atom stereocenters. The third-order valence-corrected chi connectivity index (χ3v) is 3.65. The van der Waals surface area contributed by atoms with Crippen LogP contribution in [-0.2, 0) is 14.3 Å². The molecular weight excluding hydrogens is 318 g/mol. The number of aliphatic carboxylic acids is 1. The number of hydrogen-bond acceptors (Lipinski definition) is 9. The first kappa shape index (κ1) is 14.2. The van der Waals surface area contributed by atoms with E-state index in [1.54, 1.807) is 0 Å². The number of carbonyl (C=O) groups excluding carboxylic acids is 1. The van der Waals surface area contributed by atoms with Gasteiger partial charge >= 0.3 is 5.97 Å². The van der Waals surface area contributed by atoms with Gasteiger partial charge in [-0.05, 0) is 0 Å². The Kier molecular flexibility index (Phi) is 3.18. The Balaban J connectivity index is 1.81. The highest BCUT2D eigenvalue weighted by Gasteiger charge is 2.41. The van der Waals surface area contributed by atoms with E-state index in [-0.39, 0.29) is 30.6 Å². The minimum atomic E-state index is -1.19. The minimum absolute atomic E-state index is 0.0820. The normalized spacial score (nSPS) is 22.4. The smallest absolute Gasteiger partial charge is 0.338 e. The lowest BCUT2D eigenvalue weighted by Gasteiger charge is -2.35. The molecule has 0 spiro atoms. The average molecular weight is 329 g/mol. The molecule has 2 bridgehead atoms. The molecule has 1 amide bonds. The average Bonchev–Trinajstić information content (AvgIpc) is 3.22. The van der Waals surface area contributed by atoms with E-state index >= 15 is 0 Å². The van der Waals surface area contributed by atoms with Crippen molar-refractivity contribution in [2.75, 3.05) is 13.2 Å². The van der Waals surface area contributed by atoms with Gasteiger partial charge in [-0.1, -0.05) is 0 Å². The molecule has 0 aromatic carbocycles. The molecule has 1 N–H and O–H groups in total. The molecular formula is C13H11N7O4. The summed E-state index contributed by atoms with van der Waals surface area (Å²) in [5.74, 6) is -1.53. The van der Waals surface area contributed by atoms with Crippen molar-refractivity contribution in [1.82, 2.24) is 9.80 Å². The quantitative estimate of drug-likeness (QED) is 0.686. The highest BCUT2D eigenvalue weighted by atomic mass is 16.5. The summed E-state index contributed by atoms with van der Waals surface area (Å²) in [7, 11) is 0. The largest absolute Gasteiger partial charge is 0.478 e. The Bertz CT molecular complexity index is 742. The molecule has 0 saturated heterocycles. The van der Waals surface area contributed by atoms with Crippen molar-refractivity contribution in [3.8, 4) is 0 Å². The first-order valence-electron chi connectivity index (χ1n) is 7.01. The topological polar surface area (TPSA) is 132 Å². The van der Waals surface area contributed by atoms with E-state index in [0.29, 0.717) is 0 Å². The number of rotatable bonds is 3. The number of ether oxygens (including phenoxy) is 1. The highest BCUT2D eigenvalue weighted by Crippen LogP contribution is 2.26. The number of aliphatic imine (C=N–C) groups is 5. The predicted octanol–water partition coefficient (Wildman–Crippen LogP) is -1.31. The SMILES string of the molecule is O=C(O)C1=C2N=C(N(C3N=CC=N3)C3N=CC=N3)N(C1)C(=O)CO2. The lowest BCUT2D eigenvalue weighted by molar-refractivity contribution is -0.133. The fourth-order valence-electron chi connectivity index (χ4n) is 2.55. The molecule has 0 saturated carbocycles. The summed E-state index contributed by atoms with van der Waals surface area (Å²) in [5, 5.41) is 9.27. The Morgan fingerprint density at radius 3 is 2.29 bits per heavy atom. The summed E-state index contributed by atoms with van der Waals surface area (Å²) in [6.45, 7) is -0.444. The van der Waals surface area contributed by atoms with Crippen LogP contribution in [0.25, 0.3) is 0 Å². The van der Waals surface area contributed by atoms with Crippen LogP contribution >= 0.6 is 0 Å². The van der Waals surface area contributed by atoms with Crippen molar-refractivity contribution in [2.24, 2.45) is 25.0 Å². The molecule has 0 unspecified atom stereocenters. The molecule has 11 nitrogen and oxygen atoms in total. The summed E-state index contributed by atoms with van der Waals surface area (Å²) in [5.41, 5.74) is -0.0820. The summed E-state index contributed by atoms with van der Waals surface area (Å²) in [6, 6.07) is 0. The van der Waals surface area contributed by atoms with Gasteiger partial charge in [-0.2, -0.15) is 4.99 Å². The number of fused-ring (bicyclic) bond motifs is 3. The molecule has 5 rings (SSSR count). The summed E-state index contributed by atoms with van der Waals surface area (Å²) < 4.78 is 5.23. The Morgan fingerprint density at radius 1 is 1.17 bits per heavy atom. The lowest BCUT2D eigenvalue weighted by Crippen LogP contribution is -2.54. The Labute approximate surface area is 135 Å². The molecule has 0 aromatic rings. The van der Waals surface area contributed by atoms with Gasteiger partial charge in [0.15, 0.2) is 6.61 Å². The van der Waals surface area contributed by atoms with E-state index in [2.05, 4.69) is 25.0 Å². The second kappa shape index (κ2) is 5.37. The second-order valence-electron chi connectivity index (χ2n) is 5.06. The molecule has 24 heavy (non-hydrogen) atoms. The second-order valence-corrected chi connectivity index (χ2v) is 5.06. The van der Waals surface area contributed by atoms with E-state index in [1.807, 2.05) is 0 Å². The lowest BCUT2D eigenvalue weighted by atomic mass is 10.2. The molecule has 5 aliphatic heterocycles.